The van der Waals surface area contributed by atoms with Gasteiger partial charge in [0.1, 0.15) is 18.0 Å². The third-order valence-corrected chi connectivity index (χ3v) is 5.40. The number of anilines is 1. The topological polar surface area (TPSA) is 77.6 Å². The molecule has 0 aliphatic carbocycles. The fourth-order valence-electron chi connectivity index (χ4n) is 3.64. The first-order chi connectivity index (χ1) is 16.2. The summed E-state index contributed by atoms with van der Waals surface area (Å²) in [5, 5.41) is 7.82. The number of carbonyl (C=O) groups is 1. The van der Waals surface area contributed by atoms with Gasteiger partial charge in [-0.2, -0.15) is 5.10 Å². The summed E-state index contributed by atoms with van der Waals surface area (Å²) in [6.45, 7) is 2.59. The lowest BCUT2D eigenvalue weighted by molar-refractivity contribution is 0.102. The molecule has 0 fully saturated rings. The first kappa shape index (κ1) is 20.4. The lowest BCUT2D eigenvalue weighted by atomic mass is 10.1. The molecule has 3 heterocycles. The molecule has 0 bridgehead atoms. The zero-order valence-corrected chi connectivity index (χ0v) is 18.1. The highest BCUT2D eigenvalue weighted by atomic mass is 16.1. The number of benzene rings is 2. The van der Waals surface area contributed by atoms with Crippen LogP contribution in [-0.4, -0.2) is 30.2 Å². The van der Waals surface area contributed by atoms with Crippen LogP contribution in [0, 0.1) is 6.92 Å². The minimum Gasteiger partial charge on any atom is -0.307 e. The highest BCUT2D eigenvalue weighted by molar-refractivity contribution is 6.03. The molecule has 0 saturated carbocycles. The van der Waals surface area contributed by atoms with Crippen molar-refractivity contribution in [3.8, 4) is 17.1 Å². The van der Waals surface area contributed by atoms with Crippen LogP contribution in [0.25, 0.3) is 17.1 Å². The number of nitrogens with one attached hydrogen (secondary N) is 1. The molecule has 0 radical (unpaired) electrons. The summed E-state index contributed by atoms with van der Waals surface area (Å²) < 4.78 is 3.60. The van der Waals surface area contributed by atoms with Crippen molar-refractivity contribution >= 4 is 11.7 Å². The quantitative estimate of drug-likeness (QED) is 0.419. The summed E-state index contributed by atoms with van der Waals surface area (Å²) in [4.78, 5) is 21.4. The van der Waals surface area contributed by atoms with Crippen LogP contribution in [0.4, 0.5) is 5.82 Å². The average Bonchev–Trinajstić information content (AvgIpc) is 3.51. The van der Waals surface area contributed by atoms with Crippen LogP contribution in [0.5, 0.6) is 0 Å². The predicted octanol–water partition coefficient (Wildman–Crippen LogP) is 4.74. The number of aromatic nitrogens is 5. The minimum absolute atomic E-state index is 0.245. The van der Waals surface area contributed by atoms with E-state index in [9.17, 15) is 4.79 Å². The third kappa shape index (κ3) is 4.43. The van der Waals surface area contributed by atoms with Crippen molar-refractivity contribution in [3.05, 3.63) is 114 Å². The first-order valence-corrected chi connectivity index (χ1v) is 10.6. The second kappa shape index (κ2) is 8.92. The van der Waals surface area contributed by atoms with Gasteiger partial charge >= 0.3 is 0 Å². The van der Waals surface area contributed by atoms with Gasteiger partial charge in [-0.05, 0) is 30.2 Å². The Kier molecular flexibility index (Phi) is 5.51. The van der Waals surface area contributed by atoms with Crippen molar-refractivity contribution in [2.45, 2.75) is 13.5 Å². The lowest BCUT2D eigenvalue weighted by Crippen LogP contribution is -2.16. The van der Waals surface area contributed by atoms with E-state index in [-0.39, 0.29) is 5.91 Å². The Bertz CT molecular complexity index is 1370. The molecular formula is C26H22N6O. The van der Waals surface area contributed by atoms with Gasteiger partial charge in [-0.25, -0.2) is 14.6 Å². The largest absolute Gasteiger partial charge is 0.307 e. The number of hydrogen-bond donors (Lipinski definition) is 1. The van der Waals surface area contributed by atoms with E-state index in [1.165, 1.54) is 0 Å². The van der Waals surface area contributed by atoms with Crippen LogP contribution in [0.1, 0.15) is 21.5 Å². The highest BCUT2D eigenvalue weighted by Gasteiger charge is 2.15. The molecule has 5 rings (SSSR count). The van der Waals surface area contributed by atoms with Gasteiger partial charge in [0.15, 0.2) is 0 Å². The van der Waals surface area contributed by atoms with Gasteiger partial charge in [-0.3, -0.25) is 9.36 Å². The lowest BCUT2D eigenvalue weighted by Gasteiger charge is -2.09. The molecule has 7 nitrogen and oxygen atoms in total. The van der Waals surface area contributed by atoms with Gasteiger partial charge in [-0.15, -0.1) is 0 Å². The van der Waals surface area contributed by atoms with Crippen molar-refractivity contribution in [3.63, 3.8) is 0 Å². The summed E-state index contributed by atoms with van der Waals surface area (Å²) >= 11 is 0. The van der Waals surface area contributed by atoms with Crippen LogP contribution in [0.15, 0.2) is 97.7 Å². The van der Waals surface area contributed by atoms with Gasteiger partial charge in [0.2, 0.25) is 0 Å². The maximum Gasteiger partial charge on any atom is 0.258 e. The number of carbonyl (C=O) groups excluding carboxylic acids is 1. The van der Waals surface area contributed by atoms with Crippen LogP contribution in [-0.2, 0) is 6.54 Å². The molecule has 0 saturated heterocycles. The Morgan fingerprint density at radius 2 is 1.82 bits per heavy atom. The third-order valence-electron chi connectivity index (χ3n) is 5.40. The van der Waals surface area contributed by atoms with E-state index >= 15 is 0 Å². The summed E-state index contributed by atoms with van der Waals surface area (Å²) in [5.74, 6) is 1.08. The van der Waals surface area contributed by atoms with Crippen LogP contribution in [0.2, 0.25) is 0 Å². The maximum absolute atomic E-state index is 13.0. The molecule has 5 aromatic rings. The smallest absolute Gasteiger partial charge is 0.258 e. The molecule has 3 aromatic heterocycles. The Hall–Kier alpha value is -4.52. The molecule has 2 aromatic carbocycles. The molecule has 0 spiro atoms. The summed E-state index contributed by atoms with van der Waals surface area (Å²) in [7, 11) is 0. The summed E-state index contributed by atoms with van der Waals surface area (Å²) in [6, 6.07) is 23.6. The number of pyridine rings is 1. The first-order valence-electron chi connectivity index (χ1n) is 10.6. The molecule has 0 aliphatic rings. The Morgan fingerprint density at radius 1 is 1.00 bits per heavy atom. The fourth-order valence-corrected chi connectivity index (χ4v) is 3.64. The number of hydrogen-bond acceptors (Lipinski definition) is 4. The van der Waals surface area contributed by atoms with Crippen molar-refractivity contribution < 1.29 is 4.79 Å². The second-order valence-electron chi connectivity index (χ2n) is 7.70. The Balaban J connectivity index is 1.44. The monoisotopic (exact) mass is 434 g/mol. The number of rotatable bonds is 6. The fraction of sp³-hybridized carbons (Fsp3) is 0.0769. The zero-order chi connectivity index (χ0) is 22.6. The van der Waals surface area contributed by atoms with Gasteiger partial charge in [0.05, 0.1) is 17.8 Å². The summed E-state index contributed by atoms with van der Waals surface area (Å²) in [6.07, 6.45) is 6.71. The zero-order valence-electron chi connectivity index (χ0n) is 18.1. The van der Waals surface area contributed by atoms with E-state index in [0.29, 0.717) is 23.7 Å². The van der Waals surface area contributed by atoms with Gasteiger partial charge < -0.3 is 5.32 Å². The Morgan fingerprint density at radius 3 is 2.55 bits per heavy atom. The van der Waals surface area contributed by atoms with Crippen molar-refractivity contribution in [2.24, 2.45) is 0 Å². The van der Waals surface area contributed by atoms with Crippen molar-refractivity contribution in [1.29, 1.82) is 0 Å². The summed E-state index contributed by atoms with van der Waals surface area (Å²) in [5.41, 5.74) is 4.53. The SMILES string of the molecule is Cc1ccccc1-c1cc(NC(=O)c2ccc(-n3ccnc3)nc2)n(Cc2ccccc2)n1. The number of imidazole rings is 1. The molecule has 162 valence electrons. The number of aryl methyl sites for hydroxylation is 1. The number of nitrogens with zero attached hydrogens (tertiary/aromatic N) is 5. The van der Waals surface area contributed by atoms with Crippen molar-refractivity contribution in [1.82, 2.24) is 24.3 Å². The molecule has 1 amide bonds. The van der Waals surface area contributed by atoms with E-state index in [1.807, 2.05) is 59.3 Å². The number of amides is 1. The molecule has 0 unspecified atom stereocenters. The highest BCUT2D eigenvalue weighted by Crippen LogP contribution is 2.26. The van der Waals surface area contributed by atoms with Crippen LogP contribution in [0.3, 0.4) is 0 Å². The van der Waals surface area contributed by atoms with Crippen LogP contribution < -0.4 is 5.32 Å². The van der Waals surface area contributed by atoms with Gasteiger partial charge in [0, 0.05) is 30.2 Å². The van der Waals surface area contributed by atoms with Crippen LogP contribution >= 0.6 is 0 Å². The second-order valence-corrected chi connectivity index (χ2v) is 7.70. The van der Waals surface area contributed by atoms with Gasteiger partial charge in [0.25, 0.3) is 5.91 Å². The van der Waals surface area contributed by atoms with E-state index in [4.69, 9.17) is 5.10 Å². The molecule has 0 aliphatic heterocycles. The predicted molar refractivity (Wildman–Crippen MR) is 127 cm³/mol. The molecule has 1 N–H and O–H groups in total. The minimum atomic E-state index is -0.245. The molecule has 33 heavy (non-hydrogen) atoms. The standard InChI is InChI=1S/C26H22N6O/c1-19-7-5-6-10-22(19)23-15-25(32(30-23)17-20-8-3-2-4-9-20)29-26(33)21-11-12-24(28-16-21)31-14-13-27-18-31/h2-16,18H,17H2,1H3,(H,29,33). The van der Waals surface area contributed by atoms with Gasteiger partial charge in [-0.1, -0.05) is 54.6 Å². The molecular weight excluding hydrogens is 412 g/mol. The normalized spacial score (nSPS) is 10.8. The van der Waals surface area contributed by atoms with E-state index in [0.717, 1.165) is 22.4 Å². The van der Waals surface area contributed by atoms with E-state index in [1.54, 1.807) is 41.6 Å². The molecule has 7 heteroatoms. The van der Waals surface area contributed by atoms with Crippen molar-refractivity contribution in [2.75, 3.05) is 5.32 Å². The average molecular weight is 435 g/mol. The maximum atomic E-state index is 13.0. The van der Waals surface area contributed by atoms with E-state index < -0.39 is 0 Å². The molecule has 0 atom stereocenters. The van der Waals surface area contributed by atoms with E-state index in [2.05, 4.69) is 28.3 Å². The Labute approximate surface area is 191 Å².